The van der Waals surface area contributed by atoms with Crippen LogP contribution in [0.2, 0.25) is 0 Å². The van der Waals surface area contributed by atoms with Gasteiger partial charge in [-0.2, -0.15) is 0 Å². The van der Waals surface area contributed by atoms with Crippen molar-refractivity contribution in [3.8, 4) is 0 Å². The molecule has 1 amide bonds. The SMILES string of the molecule is CNS(=O)(=O)c1ccc2c(c1)CCN2C(=O)C(N)COC. The van der Waals surface area contributed by atoms with Crippen LogP contribution in [0, 0.1) is 0 Å². The molecule has 116 valence electrons. The van der Waals surface area contributed by atoms with Gasteiger partial charge in [0, 0.05) is 19.3 Å². The van der Waals surface area contributed by atoms with Gasteiger partial charge in [0.25, 0.3) is 0 Å². The van der Waals surface area contributed by atoms with Crippen LogP contribution < -0.4 is 15.4 Å². The number of hydrogen-bond donors (Lipinski definition) is 2. The molecule has 0 bridgehead atoms. The Labute approximate surface area is 124 Å². The molecule has 1 aliphatic rings. The van der Waals surface area contributed by atoms with Crippen molar-refractivity contribution in [2.75, 3.05) is 32.2 Å². The zero-order valence-electron chi connectivity index (χ0n) is 12.0. The minimum absolute atomic E-state index is 0.150. The second-order valence-corrected chi connectivity index (χ2v) is 6.69. The molecule has 0 aromatic heterocycles. The molecule has 3 N–H and O–H groups in total. The molecule has 8 heteroatoms. The highest BCUT2D eigenvalue weighted by molar-refractivity contribution is 7.89. The number of nitrogens with zero attached hydrogens (tertiary/aromatic N) is 1. The summed E-state index contributed by atoms with van der Waals surface area (Å²) >= 11 is 0. The predicted octanol–water partition coefficient (Wildman–Crippen LogP) is -0.542. The third-order valence-electron chi connectivity index (χ3n) is 3.45. The molecule has 2 rings (SSSR count). The minimum Gasteiger partial charge on any atom is -0.383 e. The van der Waals surface area contributed by atoms with Crippen LogP contribution in [0.25, 0.3) is 0 Å². The highest BCUT2D eigenvalue weighted by atomic mass is 32.2. The van der Waals surface area contributed by atoms with E-state index in [-0.39, 0.29) is 17.4 Å². The number of carbonyl (C=O) groups is 1. The maximum absolute atomic E-state index is 12.2. The van der Waals surface area contributed by atoms with Crippen molar-refractivity contribution in [2.45, 2.75) is 17.4 Å². The second-order valence-electron chi connectivity index (χ2n) is 4.80. The molecule has 7 nitrogen and oxygen atoms in total. The summed E-state index contributed by atoms with van der Waals surface area (Å²) in [5.74, 6) is -0.222. The van der Waals surface area contributed by atoms with E-state index in [0.29, 0.717) is 18.7 Å². The molecule has 0 radical (unpaired) electrons. The Morgan fingerprint density at radius 1 is 1.52 bits per heavy atom. The molecule has 0 saturated heterocycles. The van der Waals surface area contributed by atoms with Gasteiger partial charge < -0.3 is 15.4 Å². The molecule has 1 atom stereocenters. The third kappa shape index (κ3) is 3.08. The first kappa shape index (κ1) is 15.9. The first-order chi connectivity index (χ1) is 9.90. The van der Waals surface area contributed by atoms with E-state index < -0.39 is 16.1 Å². The van der Waals surface area contributed by atoms with Gasteiger partial charge in [0.15, 0.2) is 0 Å². The summed E-state index contributed by atoms with van der Waals surface area (Å²) in [6.07, 6.45) is 0.605. The van der Waals surface area contributed by atoms with Gasteiger partial charge in [-0.1, -0.05) is 0 Å². The number of methoxy groups -OCH3 is 1. The van der Waals surface area contributed by atoms with Crippen LogP contribution in [0.15, 0.2) is 23.1 Å². The van der Waals surface area contributed by atoms with Crippen LogP contribution >= 0.6 is 0 Å². The molecule has 1 aromatic rings. The van der Waals surface area contributed by atoms with Gasteiger partial charge >= 0.3 is 0 Å². The summed E-state index contributed by atoms with van der Waals surface area (Å²) in [5.41, 5.74) is 7.30. The Morgan fingerprint density at radius 2 is 2.24 bits per heavy atom. The average molecular weight is 313 g/mol. The van der Waals surface area contributed by atoms with Gasteiger partial charge in [-0.25, -0.2) is 13.1 Å². The van der Waals surface area contributed by atoms with Gasteiger partial charge in [0.2, 0.25) is 15.9 Å². The van der Waals surface area contributed by atoms with Gasteiger partial charge in [-0.15, -0.1) is 0 Å². The summed E-state index contributed by atoms with van der Waals surface area (Å²) < 4.78 is 30.7. The molecule has 0 fully saturated rings. The number of nitrogens with one attached hydrogen (secondary N) is 1. The summed E-state index contributed by atoms with van der Waals surface area (Å²) in [6.45, 7) is 0.644. The van der Waals surface area contributed by atoms with Gasteiger partial charge in [-0.3, -0.25) is 4.79 Å². The Bertz CT molecular complexity index is 645. The van der Waals surface area contributed by atoms with Crippen LogP contribution in [0.4, 0.5) is 5.69 Å². The van der Waals surface area contributed by atoms with Crippen LogP contribution in [0.5, 0.6) is 0 Å². The Kier molecular flexibility index (Phi) is 4.62. The zero-order valence-corrected chi connectivity index (χ0v) is 12.8. The smallest absolute Gasteiger partial charge is 0.246 e. The van der Waals surface area contributed by atoms with E-state index >= 15 is 0 Å². The molecule has 0 saturated carbocycles. The number of benzene rings is 1. The minimum atomic E-state index is -3.48. The Balaban J connectivity index is 2.28. The lowest BCUT2D eigenvalue weighted by Crippen LogP contribution is -2.45. The fraction of sp³-hybridized carbons (Fsp3) is 0.462. The molecule has 0 aliphatic carbocycles. The third-order valence-corrected chi connectivity index (χ3v) is 4.87. The van der Waals surface area contributed by atoms with Crippen molar-refractivity contribution in [1.82, 2.24) is 4.72 Å². The fourth-order valence-corrected chi connectivity index (χ4v) is 3.12. The summed E-state index contributed by atoms with van der Waals surface area (Å²) in [4.78, 5) is 14.0. The normalized spacial score (nSPS) is 15.9. The topological polar surface area (TPSA) is 102 Å². The molecule has 21 heavy (non-hydrogen) atoms. The van der Waals surface area contributed by atoms with E-state index in [9.17, 15) is 13.2 Å². The number of carbonyl (C=O) groups excluding carboxylic acids is 1. The van der Waals surface area contributed by atoms with Crippen LogP contribution in [0.1, 0.15) is 5.56 Å². The van der Waals surface area contributed by atoms with Crippen molar-refractivity contribution < 1.29 is 17.9 Å². The molecule has 1 unspecified atom stereocenters. The average Bonchev–Trinajstić information content (AvgIpc) is 2.89. The van der Waals surface area contributed by atoms with E-state index in [1.54, 1.807) is 17.0 Å². The number of sulfonamides is 1. The highest BCUT2D eigenvalue weighted by Gasteiger charge is 2.29. The largest absolute Gasteiger partial charge is 0.383 e. The standard InChI is InChI=1S/C13H19N3O4S/c1-15-21(18,19)10-3-4-12-9(7-10)5-6-16(12)13(17)11(14)8-20-2/h3-4,7,11,15H,5-6,8,14H2,1-2H3. The van der Waals surface area contributed by atoms with Crippen molar-refractivity contribution in [3.05, 3.63) is 23.8 Å². The van der Waals surface area contributed by atoms with Gasteiger partial charge in [0.05, 0.1) is 11.5 Å². The van der Waals surface area contributed by atoms with E-state index in [4.69, 9.17) is 10.5 Å². The first-order valence-corrected chi connectivity index (χ1v) is 8.01. The maximum atomic E-state index is 12.2. The van der Waals surface area contributed by atoms with Gasteiger partial charge in [-0.05, 0) is 37.2 Å². The predicted molar refractivity (Wildman–Crippen MR) is 78.6 cm³/mol. The quantitative estimate of drug-likeness (QED) is 0.760. The van der Waals surface area contributed by atoms with Crippen molar-refractivity contribution >= 4 is 21.6 Å². The number of anilines is 1. The molecular weight excluding hydrogens is 294 g/mol. The van der Waals surface area contributed by atoms with Crippen LogP contribution in [-0.2, 0) is 26.0 Å². The summed E-state index contributed by atoms with van der Waals surface area (Å²) in [5, 5.41) is 0. The van der Waals surface area contributed by atoms with E-state index in [1.165, 1.54) is 20.2 Å². The van der Waals surface area contributed by atoms with E-state index in [1.807, 2.05) is 0 Å². The number of ether oxygens (including phenoxy) is 1. The number of fused-ring (bicyclic) bond motifs is 1. The van der Waals surface area contributed by atoms with Crippen molar-refractivity contribution in [3.63, 3.8) is 0 Å². The van der Waals surface area contributed by atoms with Crippen molar-refractivity contribution in [1.29, 1.82) is 0 Å². The molecule has 0 spiro atoms. The Morgan fingerprint density at radius 3 is 2.86 bits per heavy atom. The number of hydrogen-bond acceptors (Lipinski definition) is 5. The molecular formula is C13H19N3O4S. The summed E-state index contributed by atoms with van der Waals surface area (Å²) in [6, 6.07) is 4.00. The lowest BCUT2D eigenvalue weighted by molar-refractivity contribution is -0.120. The van der Waals surface area contributed by atoms with Crippen LogP contribution in [0.3, 0.4) is 0 Å². The fourth-order valence-electron chi connectivity index (χ4n) is 2.34. The zero-order chi connectivity index (χ0) is 15.6. The molecule has 1 heterocycles. The maximum Gasteiger partial charge on any atom is 0.246 e. The van der Waals surface area contributed by atoms with Crippen molar-refractivity contribution in [2.24, 2.45) is 5.73 Å². The lowest BCUT2D eigenvalue weighted by Gasteiger charge is -2.21. The first-order valence-electron chi connectivity index (χ1n) is 6.53. The van der Waals surface area contributed by atoms with E-state index in [2.05, 4.69) is 4.72 Å². The molecule has 1 aromatic carbocycles. The summed E-state index contributed by atoms with van der Waals surface area (Å²) in [7, 11) is -0.631. The number of rotatable bonds is 5. The monoisotopic (exact) mass is 313 g/mol. The number of amides is 1. The van der Waals surface area contributed by atoms with Crippen LogP contribution in [-0.4, -0.2) is 47.7 Å². The lowest BCUT2D eigenvalue weighted by atomic mass is 10.2. The highest BCUT2D eigenvalue weighted by Crippen LogP contribution is 2.30. The molecule has 1 aliphatic heterocycles. The Hall–Kier alpha value is -1.48. The second kappa shape index (κ2) is 6.10. The number of nitrogens with two attached hydrogens (primary N) is 1. The van der Waals surface area contributed by atoms with E-state index in [0.717, 1.165) is 5.56 Å². The van der Waals surface area contributed by atoms with Gasteiger partial charge in [0.1, 0.15) is 6.04 Å².